The van der Waals surface area contributed by atoms with Crippen LogP contribution in [0.3, 0.4) is 0 Å². The second-order valence-electron chi connectivity index (χ2n) is 4.25. The maximum atomic E-state index is 5.69. The van der Waals surface area contributed by atoms with Crippen LogP contribution in [-0.4, -0.2) is 21.6 Å². The summed E-state index contributed by atoms with van der Waals surface area (Å²) < 4.78 is 8.48. The van der Waals surface area contributed by atoms with Crippen molar-refractivity contribution in [1.82, 2.24) is 15.0 Å². The molecule has 0 amide bonds. The quantitative estimate of drug-likeness (QED) is 0.943. The molecule has 0 atom stereocenters. The van der Waals surface area contributed by atoms with Crippen molar-refractivity contribution in [3.63, 3.8) is 0 Å². The molecule has 1 aromatic heterocycles. The van der Waals surface area contributed by atoms with E-state index in [1.54, 1.807) is 10.9 Å². The highest BCUT2D eigenvalue weighted by atomic mass is 79.9. The molecule has 1 N–H and O–H groups in total. The van der Waals surface area contributed by atoms with E-state index in [0.29, 0.717) is 6.54 Å². The van der Waals surface area contributed by atoms with Crippen LogP contribution >= 0.6 is 15.9 Å². The molecule has 3 rings (SSSR count). The molecule has 0 spiro atoms. The molecule has 1 aliphatic heterocycles. The Bertz CT molecular complexity index is 581. The fourth-order valence-corrected chi connectivity index (χ4v) is 2.67. The van der Waals surface area contributed by atoms with Gasteiger partial charge in [-0.15, -0.1) is 5.10 Å². The Morgan fingerprint density at radius 3 is 3.17 bits per heavy atom. The predicted molar refractivity (Wildman–Crippen MR) is 71.7 cm³/mol. The molecule has 6 heteroatoms. The molecule has 18 heavy (non-hydrogen) atoms. The third-order valence-corrected chi connectivity index (χ3v) is 3.46. The number of hydrogen-bond donors (Lipinski definition) is 1. The van der Waals surface area contributed by atoms with Gasteiger partial charge in [-0.25, -0.2) is 4.68 Å². The summed E-state index contributed by atoms with van der Waals surface area (Å²) in [5.74, 6) is 1.91. The third-order valence-electron chi connectivity index (χ3n) is 3.00. The molecule has 0 unspecified atom stereocenters. The number of benzene rings is 1. The highest BCUT2D eigenvalue weighted by Gasteiger charge is 2.17. The Labute approximate surface area is 113 Å². The van der Waals surface area contributed by atoms with Crippen molar-refractivity contribution in [2.75, 3.05) is 11.9 Å². The Hall–Kier alpha value is -1.56. The number of halogens is 1. The standard InChI is InChI=1S/C12H13BrN4O/c1-17-11(7-15-16-17)14-6-9-5-10(13)4-8-2-3-18-12(8)9/h4-5,7,14H,2-3,6H2,1H3. The number of rotatable bonds is 3. The summed E-state index contributed by atoms with van der Waals surface area (Å²) >= 11 is 3.54. The van der Waals surface area contributed by atoms with Gasteiger partial charge in [0, 0.05) is 30.0 Å². The van der Waals surface area contributed by atoms with Crippen molar-refractivity contribution >= 4 is 21.7 Å². The highest BCUT2D eigenvalue weighted by Crippen LogP contribution is 2.33. The van der Waals surface area contributed by atoms with E-state index < -0.39 is 0 Å². The number of ether oxygens (including phenoxy) is 1. The molecule has 5 nitrogen and oxygen atoms in total. The fourth-order valence-electron chi connectivity index (χ4n) is 2.11. The lowest BCUT2D eigenvalue weighted by Crippen LogP contribution is -2.05. The van der Waals surface area contributed by atoms with Gasteiger partial charge >= 0.3 is 0 Å². The van der Waals surface area contributed by atoms with Crippen LogP contribution in [0, 0.1) is 0 Å². The molecular formula is C12H13BrN4O. The van der Waals surface area contributed by atoms with Crippen LogP contribution in [0.25, 0.3) is 0 Å². The number of fused-ring (bicyclic) bond motifs is 1. The van der Waals surface area contributed by atoms with E-state index >= 15 is 0 Å². The average molecular weight is 309 g/mol. The van der Waals surface area contributed by atoms with Crippen LogP contribution in [0.15, 0.2) is 22.8 Å². The molecule has 1 aliphatic rings. The third kappa shape index (κ3) is 2.08. The Balaban J connectivity index is 1.83. The molecule has 2 heterocycles. The number of anilines is 1. The fraction of sp³-hybridized carbons (Fsp3) is 0.333. The Morgan fingerprint density at radius 1 is 1.50 bits per heavy atom. The lowest BCUT2D eigenvalue weighted by molar-refractivity contribution is 0.354. The second kappa shape index (κ2) is 4.61. The van der Waals surface area contributed by atoms with E-state index in [0.717, 1.165) is 34.6 Å². The van der Waals surface area contributed by atoms with E-state index in [4.69, 9.17) is 4.74 Å². The van der Waals surface area contributed by atoms with Crippen LogP contribution in [0.2, 0.25) is 0 Å². The van der Waals surface area contributed by atoms with E-state index in [2.05, 4.69) is 43.7 Å². The minimum absolute atomic E-state index is 0.697. The van der Waals surface area contributed by atoms with Gasteiger partial charge in [-0.2, -0.15) is 0 Å². The summed E-state index contributed by atoms with van der Waals surface area (Å²) in [5.41, 5.74) is 2.42. The van der Waals surface area contributed by atoms with Gasteiger partial charge in [0.25, 0.3) is 0 Å². The van der Waals surface area contributed by atoms with Gasteiger partial charge in [-0.1, -0.05) is 21.1 Å². The van der Waals surface area contributed by atoms with Crippen molar-refractivity contribution in [2.24, 2.45) is 7.05 Å². The summed E-state index contributed by atoms with van der Waals surface area (Å²) in [5, 5.41) is 11.0. The maximum Gasteiger partial charge on any atom is 0.144 e. The first kappa shape index (κ1) is 11.5. The zero-order chi connectivity index (χ0) is 12.5. The number of nitrogens with one attached hydrogen (secondary N) is 1. The minimum Gasteiger partial charge on any atom is -0.493 e. The van der Waals surface area contributed by atoms with Gasteiger partial charge in [-0.3, -0.25) is 0 Å². The van der Waals surface area contributed by atoms with Gasteiger partial charge in [0.05, 0.1) is 12.8 Å². The first-order valence-corrected chi connectivity index (χ1v) is 6.56. The predicted octanol–water partition coefficient (Wildman–Crippen LogP) is 2.12. The molecule has 0 saturated heterocycles. The zero-order valence-electron chi connectivity index (χ0n) is 9.98. The summed E-state index contributed by atoms with van der Waals surface area (Å²) in [6, 6.07) is 4.21. The van der Waals surface area contributed by atoms with Gasteiger partial charge in [-0.05, 0) is 17.7 Å². The highest BCUT2D eigenvalue weighted by molar-refractivity contribution is 9.10. The molecule has 0 bridgehead atoms. The average Bonchev–Trinajstić information content (AvgIpc) is 2.94. The largest absolute Gasteiger partial charge is 0.493 e. The molecule has 0 radical (unpaired) electrons. The smallest absolute Gasteiger partial charge is 0.144 e. The molecule has 1 aromatic carbocycles. The minimum atomic E-state index is 0.697. The molecular weight excluding hydrogens is 296 g/mol. The monoisotopic (exact) mass is 308 g/mol. The van der Waals surface area contributed by atoms with Crippen molar-refractivity contribution in [2.45, 2.75) is 13.0 Å². The van der Waals surface area contributed by atoms with E-state index in [1.807, 2.05) is 7.05 Å². The Kier molecular flexibility index (Phi) is 2.95. The van der Waals surface area contributed by atoms with Crippen molar-refractivity contribution in [3.05, 3.63) is 33.9 Å². The summed E-state index contributed by atoms with van der Waals surface area (Å²) in [6.45, 7) is 1.47. The number of nitrogens with zero attached hydrogens (tertiary/aromatic N) is 3. The second-order valence-corrected chi connectivity index (χ2v) is 5.16. The summed E-state index contributed by atoms with van der Waals surface area (Å²) in [7, 11) is 1.86. The summed E-state index contributed by atoms with van der Waals surface area (Å²) in [6.07, 6.45) is 2.69. The molecule has 2 aromatic rings. The molecule has 0 saturated carbocycles. The SMILES string of the molecule is Cn1nncc1NCc1cc(Br)cc2c1OCC2. The number of hydrogen-bond acceptors (Lipinski definition) is 4. The van der Waals surface area contributed by atoms with Crippen LogP contribution in [0.1, 0.15) is 11.1 Å². The molecule has 0 aliphatic carbocycles. The molecule has 0 fully saturated rings. The lowest BCUT2D eigenvalue weighted by atomic mass is 10.1. The van der Waals surface area contributed by atoms with Crippen molar-refractivity contribution in [3.8, 4) is 5.75 Å². The van der Waals surface area contributed by atoms with Gasteiger partial charge in [0.1, 0.15) is 11.6 Å². The summed E-state index contributed by atoms with van der Waals surface area (Å²) in [4.78, 5) is 0. The molecule has 94 valence electrons. The van der Waals surface area contributed by atoms with E-state index in [1.165, 1.54) is 5.56 Å². The topological polar surface area (TPSA) is 52.0 Å². The van der Waals surface area contributed by atoms with E-state index in [9.17, 15) is 0 Å². The lowest BCUT2D eigenvalue weighted by Gasteiger charge is -2.10. The number of aromatic nitrogens is 3. The first-order valence-electron chi connectivity index (χ1n) is 5.76. The van der Waals surface area contributed by atoms with Gasteiger partial charge < -0.3 is 10.1 Å². The van der Waals surface area contributed by atoms with Crippen molar-refractivity contribution < 1.29 is 4.74 Å². The number of aryl methyl sites for hydroxylation is 1. The van der Waals surface area contributed by atoms with Crippen LogP contribution < -0.4 is 10.1 Å². The normalized spacial score (nSPS) is 13.2. The van der Waals surface area contributed by atoms with Crippen LogP contribution in [-0.2, 0) is 20.0 Å². The van der Waals surface area contributed by atoms with Crippen LogP contribution in [0.4, 0.5) is 5.82 Å². The Morgan fingerprint density at radius 2 is 2.39 bits per heavy atom. The first-order chi connectivity index (χ1) is 8.74. The van der Waals surface area contributed by atoms with E-state index in [-0.39, 0.29) is 0 Å². The van der Waals surface area contributed by atoms with Crippen LogP contribution in [0.5, 0.6) is 5.75 Å². The van der Waals surface area contributed by atoms with Gasteiger partial charge in [0.15, 0.2) is 0 Å². The van der Waals surface area contributed by atoms with Gasteiger partial charge in [0.2, 0.25) is 0 Å². The zero-order valence-corrected chi connectivity index (χ0v) is 11.6. The van der Waals surface area contributed by atoms with Crippen molar-refractivity contribution in [1.29, 1.82) is 0 Å². The maximum absolute atomic E-state index is 5.69.